The van der Waals surface area contributed by atoms with E-state index in [9.17, 15) is 5.11 Å². The van der Waals surface area contributed by atoms with Crippen LogP contribution in [-0.4, -0.2) is 11.7 Å². The fraction of sp³-hybridized carbons (Fsp3) is 0.333. The van der Waals surface area contributed by atoms with Gasteiger partial charge in [-0.3, -0.25) is 0 Å². The van der Waals surface area contributed by atoms with Crippen LogP contribution >= 0.6 is 0 Å². The average molecular weight is 190 g/mol. The van der Waals surface area contributed by atoms with E-state index in [-0.39, 0.29) is 0 Å². The van der Waals surface area contributed by atoms with Crippen molar-refractivity contribution in [2.45, 2.75) is 20.0 Å². The smallest absolute Gasteiger partial charge is 0.149 e. The summed E-state index contributed by atoms with van der Waals surface area (Å²) < 4.78 is 5.41. The van der Waals surface area contributed by atoms with Gasteiger partial charge in [0.1, 0.15) is 12.4 Å². The van der Waals surface area contributed by atoms with Gasteiger partial charge in [0.15, 0.2) is 0 Å². The van der Waals surface area contributed by atoms with Crippen molar-refractivity contribution < 1.29 is 9.84 Å². The number of aliphatic hydroxyl groups is 1. The van der Waals surface area contributed by atoms with E-state index in [0.717, 1.165) is 5.56 Å². The summed E-state index contributed by atoms with van der Waals surface area (Å²) in [5, 5.41) is 9.45. The Hall–Kier alpha value is -1.46. The van der Waals surface area contributed by atoms with Crippen molar-refractivity contribution in [2.75, 3.05) is 6.61 Å². The molecule has 0 radical (unpaired) electrons. The molecule has 0 amide bonds. The van der Waals surface area contributed by atoms with Gasteiger partial charge in [0, 0.05) is 5.56 Å². The zero-order chi connectivity index (χ0) is 10.4. The zero-order valence-electron chi connectivity index (χ0n) is 8.45. The summed E-state index contributed by atoms with van der Waals surface area (Å²) in [5.74, 6) is 6.26. The van der Waals surface area contributed by atoms with Gasteiger partial charge in [-0.15, -0.1) is 5.92 Å². The minimum Gasteiger partial charge on any atom is -0.481 e. The average Bonchev–Trinajstić information content (AvgIpc) is 2.19. The molecular formula is C12H14O2. The van der Waals surface area contributed by atoms with Crippen LogP contribution in [0.2, 0.25) is 0 Å². The summed E-state index contributed by atoms with van der Waals surface area (Å²) in [4.78, 5) is 0. The third-order valence-electron chi connectivity index (χ3n) is 1.85. The Bertz CT molecular complexity index is 345. The van der Waals surface area contributed by atoms with E-state index in [4.69, 9.17) is 4.74 Å². The molecule has 1 rings (SSSR count). The van der Waals surface area contributed by atoms with Crippen LogP contribution in [0.5, 0.6) is 5.75 Å². The Balaban J connectivity index is 2.77. The lowest BCUT2D eigenvalue weighted by atomic mass is 10.1. The van der Waals surface area contributed by atoms with Crippen LogP contribution in [0.15, 0.2) is 24.3 Å². The van der Waals surface area contributed by atoms with Crippen LogP contribution in [0.3, 0.4) is 0 Å². The van der Waals surface area contributed by atoms with Crippen molar-refractivity contribution >= 4 is 0 Å². The number of hydrogen-bond acceptors (Lipinski definition) is 2. The zero-order valence-corrected chi connectivity index (χ0v) is 8.45. The second-order valence-corrected chi connectivity index (χ2v) is 2.93. The molecule has 1 N–H and O–H groups in total. The number of aliphatic hydroxyl groups excluding tert-OH is 1. The van der Waals surface area contributed by atoms with Gasteiger partial charge in [0.05, 0.1) is 6.10 Å². The first kappa shape index (κ1) is 10.6. The number of hydrogen-bond donors (Lipinski definition) is 1. The number of para-hydroxylation sites is 1. The Morgan fingerprint density at radius 3 is 2.79 bits per heavy atom. The van der Waals surface area contributed by atoms with E-state index in [2.05, 4.69) is 11.8 Å². The predicted octanol–water partition coefficient (Wildman–Crippen LogP) is 2.14. The van der Waals surface area contributed by atoms with Gasteiger partial charge in [0.2, 0.25) is 0 Å². The van der Waals surface area contributed by atoms with E-state index >= 15 is 0 Å². The van der Waals surface area contributed by atoms with E-state index in [0.29, 0.717) is 12.4 Å². The molecule has 1 aromatic carbocycles. The van der Waals surface area contributed by atoms with Crippen molar-refractivity contribution in [3.05, 3.63) is 29.8 Å². The minimum absolute atomic E-state index is 0.361. The Morgan fingerprint density at radius 1 is 1.43 bits per heavy atom. The second kappa shape index (κ2) is 5.31. The highest BCUT2D eigenvalue weighted by molar-refractivity contribution is 5.34. The molecule has 74 valence electrons. The van der Waals surface area contributed by atoms with Gasteiger partial charge in [-0.25, -0.2) is 0 Å². The molecular weight excluding hydrogens is 176 g/mol. The van der Waals surface area contributed by atoms with Crippen molar-refractivity contribution in [1.82, 2.24) is 0 Å². The maximum Gasteiger partial charge on any atom is 0.149 e. The number of ether oxygens (including phenoxy) is 1. The van der Waals surface area contributed by atoms with Crippen molar-refractivity contribution in [3.8, 4) is 17.6 Å². The molecule has 0 heterocycles. The third kappa shape index (κ3) is 2.79. The topological polar surface area (TPSA) is 29.5 Å². The summed E-state index contributed by atoms with van der Waals surface area (Å²) in [7, 11) is 0. The molecule has 0 fully saturated rings. The van der Waals surface area contributed by atoms with Crippen molar-refractivity contribution in [3.63, 3.8) is 0 Å². The van der Waals surface area contributed by atoms with Crippen LogP contribution in [-0.2, 0) is 0 Å². The predicted molar refractivity (Wildman–Crippen MR) is 56.0 cm³/mol. The molecule has 0 unspecified atom stereocenters. The molecule has 14 heavy (non-hydrogen) atoms. The number of rotatable bonds is 3. The first-order valence-corrected chi connectivity index (χ1v) is 4.55. The molecule has 0 bridgehead atoms. The fourth-order valence-corrected chi connectivity index (χ4v) is 1.14. The van der Waals surface area contributed by atoms with Crippen LogP contribution in [0.1, 0.15) is 25.5 Å². The summed E-state index contributed by atoms with van der Waals surface area (Å²) in [5.41, 5.74) is 0.797. The van der Waals surface area contributed by atoms with E-state index in [1.54, 1.807) is 13.8 Å². The lowest BCUT2D eigenvalue weighted by molar-refractivity contribution is 0.193. The Kier molecular flexibility index (Phi) is 4.03. The third-order valence-corrected chi connectivity index (χ3v) is 1.85. The summed E-state index contributed by atoms with van der Waals surface area (Å²) in [6.45, 7) is 3.85. The van der Waals surface area contributed by atoms with Gasteiger partial charge in [-0.2, -0.15) is 0 Å². The summed E-state index contributed by atoms with van der Waals surface area (Å²) >= 11 is 0. The molecule has 0 spiro atoms. The molecule has 0 aliphatic rings. The highest BCUT2D eigenvalue weighted by Crippen LogP contribution is 2.24. The van der Waals surface area contributed by atoms with Crippen LogP contribution < -0.4 is 4.74 Å². The van der Waals surface area contributed by atoms with Crippen LogP contribution in [0, 0.1) is 11.8 Å². The van der Waals surface area contributed by atoms with Gasteiger partial charge < -0.3 is 9.84 Å². The maximum absolute atomic E-state index is 9.45. The molecule has 0 saturated carbocycles. The summed E-state index contributed by atoms with van der Waals surface area (Å²) in [6, 6.07) is 7.43. The molecule has 0 aliphatic heterocycles. The Labute approximate surface area is 84.5 Å². The van der Waals surface area contributed by atoms with Gasteiger partial charge in [0.25, 0.3) is 0 Å². The van der Waals surface area contributed by atoms with E-state index in [1.165, 1.54) is 0 Å². The number of benzene rings is 1. The van der Waals surface area contributed by atoms with Crippen molar-refractivity contribution in [2.24, 2.45) is 0 Å². The van der Waals surface area contributed by atoms with E-state index < -0.39 is 6.10 Å². The summed E-state index contributed by atoms with van der Waals surface area (Å²) in [6.07, 6.45) is -0.513. The standard InChI is InChI=1S/C12H14O2/c1-3-4-9-14-12-8-6-5-7-11(12)10(2)13/h5-8,10,13H,9H2,1-2H3/t10-/m1/s1. The highest BCUT2D eigenvalue weighted by Gasteiger charge is 2.06. The molecule has 0 aliphatic carbocycles. The SMILES string of the molecule is CC#CCOc1ccccc1[C@@H](C)O. The quantitative estimate of drug-likeness (QED) is 0.740. The van der Waals surface area contributed by atoms with Crippen LogP contribution in [0.25, 0.3) is 0 Å². The molecule has 1 atom stereocenters. The van der Waals surface area contributed by atoms with Gasteiger partial charge in [-0.05, 0) is 19.9 Å². The first-order valence-electron chi connectivity index (χ1n) is 4.55. The normalized spacial score (nSPS) is 11.4. The molecule has 2 nitrogen and oxygen atoms in total. The highest BCUT2D eigenvalue weighted by atomic mass is 16.5. The molecule has 2 heteroatoms. The molecule has 0 aromatic heterocycles. The largest absolute Gasteiger partial charge is 0.481 e. The molecule has 1 aromatic rings. The molecule has 0 saturated heterocycles. The minimum atomic E-state index is -0.513. The van der Waals surface area contributed by atoms with Crippen molar-refractivity contribution in [1.29, 1.82) is 0 Å². The lowest BCUT2D eigenvalue weighted by Gasteiger charge is -2.10. The van der Waals surface area contributed by atoms with Gasteiger partial charge >= 0.3 is 0 Å². The Morgan fingerprint density at radius 2 is 2.14 bits per heavy atom. The maximum atomic E-state index is 9.45. The van der Waals surface area contributed by atoms with E-state index in [1.807, 2.05) is 24.3 Å². The monoisotopic (exact) mass is 190 g/mol. The second-order valence-electron chi connectivity index (χ2n) is 2.93. The van der Waals surface area contributed by atoms with Gasteiger partial charge in [-0.1, -0.05) is 24.1 Å². The lowest BCUT2D eigenvalue weighted by Crippen LogP contribution is -2.00. The fourth-order valence-electron chi connectivity index (χ4n) is 1.14. The van der Waals surface area contributed by atoms with Crippen LogP contribution in [0.4, 0.5) is 0 Å². The first-order chi connectivity index (χ1) is 6.75.